The van der Waals surface area contributed by atoms with Crippen LogP contribution in [-0.4, -0.2) is 21.4 Å². The van der Waals surface area contributed by atoms with Gasteiger partial charge in [0, 0.05) is 6.54 Å². The van der Waals surface area contributed by atoms with Crippen molar-refractivity contribution >= 4 is 0 Å². The molecule has 66 valence electrons. The number of hydrogen-bond acceptors (Lipinski definition) is 4. The minimum Gasteiger partial charge on any atom is -0.330 e. The van der Waals surface area contributed by atoms with Gasteiger partial charge in [-0.25, -0.2) is 5.32 Å². The van der Waals surface area contributed by atoms with E-state index in [1.165, 1.54) is 0 Å². The first kappa shape index (κ1) is 9.15. The van der Waals surface area contributed by atoms with E-state index in [0.717, 1.165) is 5.56 Å². The van der Waals surface area contributed by atoms with Crippen LogP contribution in [0.25, 0.3) is 0 Å². The van der Waals surface area contributed by atoms with Crippen LogP contribution in [0.3, 0.4) is 0 Å². The third-order valence-corrected chi connectivity index (χ3v) is 1.37. The lowest BCUT2D eigenvalue weighted by Crippen LogP contribution is -2.44. The summed E-state index contributed by atoms with van der Waals surface area (Å²) >= 11 is 0. The van der Waals surface area contributed by atoms with Crippen molar-refractivity contribution in [2.45, 2.75) is 12.6 Å². The Kier molecular flexibility index (Phi) is 2.78. The molecule has 0 aliphatic heterocycles. The Morgan fingerprint density at radius 3 is 2.17 bits per heavy atom. The summed E-state index contributed by atoms with van der Waals surface area (Å²) in [6.45, 7) is 0.199. The van der Waals surface area contributed by atoms with Gasteiger partial charge in [-0.1, -0.05) is 30.3 Å². The van der Waals surface area contributed by atoms with Gasteiger partial charge in [0.2, 0.25) is 0 Å². The van der Waals surface area contributed by atoms with Gasteiger partial charge in [0.25, 0.3) is 0 Å². The van der Waals surface area contributed by atoms with E-state index in [-0.39, 0.29) is 6.54 Å². The molecule has 0 aliphatic carbocycles. The summed E-state index contributed by atoms with van der Waals surface area (Å²) in [7, 11) is 0. The molecule has 0 radical (unpaired) electrons. The SMILES string of the molecule is OC(O)(O)NCc1ccccc1. The molecule has 0 spiro atoms. The molecule has 0 saturated heterocycles. The Hall–Kier alpha value is -0.940. The van der Waals surface area contributed by atoms with Crippen molar-refractivity contribution in [2.75, 3.05) is 0 Å². The van der Waals surface area contributed by atoms with E-state index >= 15 is 0 Å². The Balaban J connectivity index is 2.44. The van der Waals surface area contributed by atoms with Crippen molar-refractivity contribution < 1.29 is 15.3 Å². The van der Waals surface area contributed by atoms with E-state index in [0.29, 0.717) is 0 Å². The van der Waals surface area contributed by atoms with Crippen molar-refractivity contribution in [1.29, 1.82) is 0 Å². The van der Waals surface area contributed by atoms with Crippen LogP contribution in [0.5, 0.6) is 0 Å². The van der Waals surface area contributed by atoms with Crippen molar-refractivity contribution in [3.63, 3.8) is 0 Å². The fourth-order valence-electron chi connectivity index (χ4n) is 0.817. The summed E-state index contributed by atoms with van der Waals surface area (Å²) in [6, 6.07) is 9.11. The molecule has 1 rings (SSSR count). The van der Waals surface area contributed by atoms with Crippen LogP contribution in [0.1, 0.15) is 5.56 Å². The molecule has 1 aromatic rings. The fourth-order valence-corrected chi connectivity index (χ4v) is 0.817. The van der Waals surface area contributed by atoms with Gasteiger partial charge in [-0.15, -0.1) is 0 Å². The van der Waals surface area contributed by atoms with Gasteiger partial charge >= 0.3 is 6.10 Å². The molecule has 0 atom stereocenters. The van der Waals surface area contributed by atoms with Crippen molar-refractivity contribution in [2.24, 2.45) is 0 Å². The molecule has 4 N–H and O–H groups in total. The lowest BCUT2D eigenvalue weighted by Gasteiger charge is -2.14. The molecule has 4 heteroatoms. The maximum Gasteiger partial charge on any atom is 0.343 e. The highest BCUT2D eigenvalue weighted by atomic mass is 16.7. The number of aliphatic hydroxyl groups is 3. The van der Waals surface area contributed by atoms with E-state index in [1.807, 2.05) is 18.2 Å². The first-order valence-electron chi connectivity index (χ1n) is 3.54. The topological polar surface area (TPSA) is 72.7 Å². The van der Waals surface area contributed by atoms with Gasteiger partial charge in [-0.05, 0) is 5.56 Å². The molecule has 0 saturated carbocycles. The van der Waals surface area contributed by atoms with Gasteiger partial charge in [0.1, 0.15) is 0 Å². The van der Waals surface area contributed by atoms with Gasteiger partial charge in [-0.3, -0.25) is 0 Å². The van der Waals surface area contributed by atoms with Crippen LogP contribution in [0.15, 0.2) is 30.3 Å². The molecule has 0 fully saturated rings. The molecule has 0 aromatic heterocycles. The van der Waals surface area contributed by atoms with Gasteiger partial charge in [0.05, 0.1) is 0 Å². The smallest absolute Gasteiger partial charge is 0.330 e. The van der Waals surface area contributed by atoms with Crippen molar-refractivity contribution in [3.8, 4) is 0 Å². The molecular weight excluding hydrogens is 158 g/mol. The number of nitrogens with one attached hydrogen (secondary N) is 1. The summed E-state index contributed by atoms with van der Waals surface area (Å²) in [5, 5.41) is 27.5. The molecule has 0 unspecified atom stereocenters. The summed E-state index contributed by atoms with van der Waals surface area (Å²) in [5.74, 6) is 0. The zero-order chi connectivity index (χ0) is 9.03. The molecule has 0 aliphatic rings. The van der Waals surface area contributed by atoms with Crippen LogP contribution in [0.2, 0.25) is 0 Å². The zero-order valence-corrected chi connectivity index (χ0v) is 6.44. The second kappa shape index (κ2) is 3.64. The lowest BCUT2D eigenvalue weighted by atomic mass is 10.2. The van der Waals surface area contributed by atoms with Crippen molar-refractivity contribution in [1.82, 2.24) is 5.32 Å². The normalized spacial score (nSPS) is 11.6. The van der Waals surface area contributed by atoms with Gasteiger partial charge in [0.15, 0.2) is 0 Å². The minimum absolute atomic E-state index is 0.199. The van der Waals surface area contributed by atoms with Crippen LogP contribution in [0.4, 0.5) is 0 Å². The van der Waals surface area contributed by atoms with E-state index < -0.39 is 6.10 Å². The van der Waals surface area contributed by atoms with Crippen LogP contribution in [0, 0.1) is 0 Å². The lowest BCUT2D eigenvalue weighted by molar-refractivity contribution is -0.332. The van der Waals surface area contributed by atoms with Gasteiger partial charge in [-0.2, -0.15) is 0 Å². The summed E-state index contributed by atoms with van der Waals surface area (Å²) in [5.41, 5.74) is 0.860. The second-order valence-electron chi connectivity index (χ2n) is 2.47. The average Bonchev–Trinajstić information content (AvgIpc) is 2.02. The summed E-state index contributed by atoms with van der Waals surface area (Å²) in [6.07, 6.45) is -2.80. The number of hydrogen-bond donors (Lipinski definition) is 4. The third-order valence-electron chi connectivity index (χ3n) is 1.37. The molecule has 1 aromatic carbocycles. The first-order chi connectivity index (χ1) is 5.58. The molecule has 0 amide bonds. The van der Waals surface area contributed by atoms with Crippen molar-refractivity contribution in [3.05, 3.63) is 35.9 Å². The average molecular weight is 169 g/mol. The molecule has 0 bridgehead atoms. The Bertz CT molecular complexity index is 230. The standard InChI is InChI=1S/C8H11NO3/c10-8(11,12)9-6-7-4-2-1-3-5-7/h1-5,9-12H,6H2. The third kappa shape index (κ3) is 3.45. The second-order valence-corrected chi connectivity index (χ2v) is 2.47. The minimum atomic E-state index is -2.80. The highest BCUT2D eigenvalue weighted by Gasteiger charge is 2.15. The van der Waals surface area contributed by atoms with Crippen LogP contribution in [-0.2, 0) is 6.54 Å². The predicted molar refractivity (Wildman–Crippen MR) is 42.7 cm³/mol. The summed E-state index contributed by atoms with van der Waals surface area (Å²) in [4.78, 5) is 0. The first-order valence-corrected chi connectivity index (χ1v) is 3.54. The van der Waals surface area contributed by atoms with E-state index in [2.05, 4.69) is 5.32 Å². The van der Waals surface area contributed by atoms with E-state index in [9.17, 15) is 0 Å². The fraction of sp³-hybridized carbons (Fsp3) is 0.250. The highest BCUT2D eigenvalue weighted by molar-refractivity contribution is 5.14. The summed E-state index contributed by atoms with van der Waals surface area (Å²) < 4.78 is 0. The monoisotopic (exact) mass is 169 g/mol. The van der Waals surface area contributed by atoms with Crippen LogP contribution < -0.4 is 5.32 Å². The van der Waals surface area contributed by atoms with Gasteiger partial charge < -0.3 is 15.3 Å². The quantitative estimate of drug-likeness (QED) is 0.454. The largest absolute Gasteiger partial charge is 0.343 e. The molecule has 0 heterocycles. The molecule has 12 heavy (non-hydrogen) atoms. The Labute approximate surface area is 70.1 Å². The highest BCUT2D eigenvalue weighted by Crippen LogP contribution is 1.98. The zero-order valence-electron chi connectivity index (χ0n) is 6.44. The Morgan fingerprint density at radius 2 is 1.67 bits per heavy atom. The molecular formula is C8H11NO3. The number of benzene rings is 1. The maximum absolute atomic E-state index is 8.48. The van der Waals surface area contributed by atoms with E-state index in [1.54, 1.807) is 12.1 Å². The Morgan fingerprint density at radius 1 is 1.08 bits per heavy atom. The van der Waals surface area contributed by atoms with E-state index in [4.69, 9.17) is 15.3 Å². The number of rotatable bonds is 3. The van der Waals surface area contributed by atoms with Crippen LogP contribution >= 0.6 is 0 Å². The maximum atomic E-state index is 8.48. The predicted octanol–water partition coefficient (Wildman–Crippen LogP) is -0.636. The molecule has 4 nitrogen and oxygen atoms in total.